The summed E-state index contributed by atoms with van der Waals surface area (Å²) < 4.78 is 1.52. The standard InChI is InChI=1S/C19H21N3O2S/c1-11-6-5-7-14(12(11)2)20-17(23)15-10-13-18(25-15)21-16-8-3-4-9-22(16)19(13)24/h3-4,8-12,14H,5-7H2,1-2H3,(H,20,23)/t11-,12+,14-/m1/s1. The molecule has 1 aliphatic carbocycles. The first kappa shape index (κ1) is 16.3. The highest BCUT2D eigenvalue weighted by molar-refractivity contribution is 7.20. The monoisotopic (exact) mass is 355 g/mol. The van der Waals surface area contributed by atoms with E-state index in [0.717, 1.165) is 12.8 Å². The highest BCUT2D eigenvalue weighted by Crippen LogP contribution is 2.30. The van der Waals surface area contributed by atoms with Gasteiger partial charge in [-0.3, -0.25) is 14.0 Å². The van der Waals surface area contributed by atoms with Crippen LogP contribution in [-0.2, 0) is 0 Å². The van der Waals surface area contributed by atoms with Crippen LogP contribution in [-0.4, -0.2) is 21.3 Å². The number of amides is 1. The maximum Gasteiger partial charge on any atom is 0.266 e. The second kappa shape index (κ2) is 6.26. The van der Waals surface area contributed by atoms with E-state index in [1.165, 1.54) is 22.2 Å². The van der Waals surface area contributed by atoms with E-state index in [1.807, 2.05) is 6.07 Å². The Balaban J connectivity index is 1.67. The van der Waals surface area contributed by atoms with E-state index in [2.05, 4.69) is 24.1 Å². The van der Waals surface area contributed by atoms with Crippen molar-refractivity contribution in [3.63, 3.8) is 0 Å². The number of carbonyl (C=O) groups is 1. The average Bonchev–Trinajstić information content (AvgIpc) is 3.04. The first-order chi connectivity index (χ1) is 12.0. The Morgan fingerprint density at radius 2 is 2.16 bits per heavy atom. The molecular formula is C19H21N3O2S. The molecule has 1 N–H and O–H groups in total. The third-order valence-corrected chi connectivity index (χ3v) is 6.49. The van der Waals surface area contributed by atoms with Gasteiger partial charge in [0.2, 0.25) is 0 Å². The number of aromatic nitrogens is 2. The van der Waals surface area contributed by atoms with Gasteiger partial charge in [0.05, 0.1) is 10.3 Å². The maximum atomic E-state index is 12.7. The van der Waals surface area contributed by atoms with Crippen LogP contribution >= 0.6 is 11.3 Å². The number of fused-ring (bicyclic) bond motifs is 2. The minimum atomic E-state index is -0.129. The minimum absolute atomic E-state index is 0.0950. The summed E-state index contributed by atoms with van der Waals surface area (Å²) in [5.41, 5.74) is 0.471. The van der Waals surface area contributed by atoms with Crippen LogP contribution in [0, 0.1) is 11.8 Å². The van der Waals surface area contributed by atoms with Gasteiger partial charge in [-0.25, -0.2) is 4.98 Å². The lowest BCUT2D eigenvalue weighted by molar-refractivity contribution is 0.0895. The molecule has 130 valence electrons. The Kier molecular flexibility index (Phi) is 4.07. The van der Waals surface area contributed by atoms with Crippen molar-refractivity contribution >= 4 is 33.1 Å². The Morgan fingerprint density at radius 1 is 1.32 bits per heavy atom. The van der Waals surface area contributed by atoms with E-state index < -0.39 is 0 Å². The second-order valence-corrected chi connectivity index (χ2v) is 8.05. The Hall–Kier alpha value is -2.21. The maximum absolute atomic E-state index is 12.7. The Morgan fingerprint density at radius 3 is 3.00 bits per heavy atom. The van der Waals surface area contributed by atoms with Gasteiger partial charge in [0, 0.05) is 12.2 Å². The number of pyridine rings is 1. The zero-order valence-electron chi connectivity index (χ0n) is 14.4. The fourth-order valence-electron chi connectivity index (χ4n) is 3.69. The molecular weight excluding hydrogens is 334 g/mol. The molecule has 6 heteroatoms. The lowest BCUT2D eigenvalue weighted by atomic mass is 9.78. The van der Waals surface area contributed by atoms with E-state index in [1.54, 1.807) is 24.4 Å². The summed E-state index contributed by atoms with van der Waals surface area (Å²) in [4.78, 5) is 31.0. The summed E-state index contributed by atoms with van der Waals surface area (Å²) in [6.07, 6.45) is 5.10. The van der Waals surface area contributed by atoms with E-state index in [4.69, 9.17) is 0 Å². The normalized spacial score (nSPS) is 23.8. The van der Waals surface area contributed by atoms with Crippen molar-refractivity contribution < 1.29 is 4.79 Å². The van der Waals surface area contributed by atoms with Gasteiger partial charge in [0.15, 0.2) is 0 Å². The minimum Gasteiger partial charge on any atom is -0.348 e. The van der Waals surface area contributed by atoms with Crippen LogP contribution in [0.25, 0.3) is 15.9 Å². The van der Waals surface area contributed by atoms with E-state index in [0.29, 0.717) is 32.6 Å². The lowest BCUT2D eigenvalue weighted by Crippen LogP contribution is -2.43. The molecule has 3 heterocycles. The first-order valence-corrected chi connectivity index (χ1v) is 9.58. The molecule has 25 heavy (non-hydrogen) atoms. The largest absolute Gasteiger partial charge is 0.348 e. The number of thiophene rings is 1. The molecule has 0 unspecified atom stereocenters. The number of carbonyl (C=O) groups excluding carboxylic acids is 1. The average molecular weight is 355 g/mol. The molecule has 0 spiro atoms. The van der Waals surface area contributed by atoms with Gasteiger partial charge < -0.3 is 5.32 Å². The molecule has 0 bridgehead atoms. The molecule has 1 fully saturated rings. The van der Waals surface area contributed by atoms with Crippen LogP contribution in [0.15, 0.2) is 35.3 Å². The summed E-state index contributed by atoms with van der Waals surface area (Å²) in [5.74, 6) is 0.999. The first-order valence-electron chi connectivity index (χ1n) is 8.76. The van der Waals surface area contributed by atoms with Gasteiger partial charge in [-0.2, -0.15) is 0 Å². The van der Waals surface area contributed by atoms with Crippen molar-refractivity contribution in [2.45, 2.75) is 39.2 Å². The molecule has 1 aliphatic rings. The van der Waals surface area contributed by atoms with E-state index in [-0.39, 0.29) is 17.5 Å². The van der Waals surface area contributed by atoms with Crippen LogP contribution < -0.4 is 10.9 Å². The Bertz CT molecular complexity index is 1010. The van der Waals surface area contributed by atoms with Crippen LogP contribution in [0.5, 0.6) is 0 Å². The van der Waals surface area contributed by atoms with E-state index in [9.17, 15) is 9.59 Å². The quantitative estimate of drug-likeness (QED) is 0.766. The fourth-order valence-corrected chi connectivity index (χ4v) is 4.62. The zero-order chi connectivity index (χ0) is 17.6. The van der Waals surface area contributed by atoms with Crippen LogP contribution in [0.4, 0.5) is 0 Å². The fraction of sp³-hybridized carbons (Fsp3) is 0.421. The molecule has 3 aromatic rings. The van der Waals surface area contributed by atoms with Gasteiger partial charge in [-0.15, -0.1) is 11.3 Å². The van der Waals surface area contributed by atoms with Gasteiger partial charge >= 0.3 is 0 Å². The highest BCUT2D eigenvalue weighted by Gasteiger charge is 2.29. The number of hydrogen-bond acceptors (Lipinski definition) is 4. The summed E-state index contributed by atoms with van der Waals surface area (Å²) >= 11 is 1.29. The number of hydrogen-bond donors (Lipinski definition) is 1. The van der Waals surface area contributed by atoms with Gasteiger partial charge in [0.25, 0.3) is 11.5 Å². The lowest BCUT2D eigenvalue weighted by Gasteiger charge is -2.34. The molecule has 3 atom stereocenters. The molecule has 3 aromatic heterocycles. The van der Waals surface area contributed by atoms with Gasteiger partial charge in [-0.05, 0) is 36.5 Å². The summed E-state index contributed by atoms with van der Waals surface area (Å²) in [6.45, 7) is 4.46. The van der Waals surface area contributed by atoms with Gasteiger partial charge in [0.1, 0.15) is 10.5 Å². The van der Waals surface area contributed by atoms with Crippen molar-refractivity contribution in [3.05, 3.63) is 45.7 Å². The zero-order valence-corrected chi connectivity index (χ0v) is 15.2. The van der Waals surface area contributed by atoms with Gasteiger partial charge in [-0.1, -0.05) is 32.8 Å². The second-order valence-electron chi connectivity index (χ2n) is 7.02. The number of nitrogens with zero attached hydrogens (tertiary/aromatic N) is 2. The number of nitrogens with one attached hydrogen (secondary N) is 1. The van der Waals surface area contributed by atoms with Crippen molar-refractivity contribution in [1.29, 1.82) is 0 Å². The van der Waals surface area contributed by atoms with Crippen LogP contribution in [0.3, 0.4) is 0 Å². The third kappa shape index (κ3) is 2.84. The SMILES string of the molecule is C[C@H]1[C@H](C)CCC[C@H]1NC(=O)c1cc2c(=O)n3ccccc3nc2s1. The van der Waals surface area contributed by atoms with Crippen molar-refractivity contribution in [3.8, 4) is 0 Å². The third-order valence-electron chi connectivity index (χ3n) is 5.46. The Labute approximate surface area is 149 Å². The summed E-state index contributed by atoms with van der Waals surface area (Å²) in [5, 5.41) is 3.68. The van der Waals surface area contributed by atoms with Crippen LogP contribution in [0.2, 0.25) is 0 Å². The molecule has 5 nitrogen and oxygen atoms in total. The van der Waals surface area contributed by atoms with E-state index >= 15 is 0 Å². The molecule has 0 saturated heterocycles. The molecule has 4 rings (SSSR count). The topological polar surface area (TPSA) is 63.5 Å². The smallest absolute Gasteiger partial charge is 0.266 e. The van der Waals surface area contributed by atoms with Crippen molar-refractivity contribution in [2.75, 3.05) is 0 Å². The van der Waals surface area contributed by atoms with Crippen LogP contribution in [0.1, 0.15) is 42.8 Å². The summed E-state index contributed by atoms with van der Waals surface area (Å²) in [7, 11) is 0. The molecule has 1 amide bonds. The summed E-state index contributed by atoms with van der Waals surface area (Å²) in [6, 6.07) is 7.33. The molecule has 0 aromatic carbocycles. The molecule has 0 aliphatic heterocycles. The van der Waals surface area contributed by atoms with Crippen molar-refractivity contribution in [2.24, 2.45) is 11.8 Å². The molecule has 0 radical (unpaired) electrons. The highest BCUT2D eigenvalue weighted by atomic mass is 32.1. The van der Waals surface area contributed by atoms with Crippen molar-refractivity contribution in [1.82, 2.24) is 14.7 Å². The predicted octanol–water partition coefficient (Wildman–Crippen LogP) is 3.46. The number of rotatable bonds is 2. The molecule has 1 saturated carbocycles. The predicted molar refractivity (Wildman–Crippen MR) is 100 cm³/mol.